The predicted octanol–water partition coefficient (Wildman–Crippen LogP) is 12.9. The molecule has 95 heavy (non-hydrogen) atoms. The van der Waals surface area contributed by atoms with Gasteiger partial charge in [-0.15, -0.1) is 0 Å². The Labute approximate surface area is 541 Å². The number of piperidine rings is 2. The molecule has 3 N–H and O–H groups in total. The van der Waals surface area contributed by atoms with Crippen molar-refractivity contribution >= 4 is 63.2 Å². The number of amides is 3. The van der Waals surface area contributed by atoms with Crippen LogP contribution in [0, 0.1) is 48.8 Å². The van der Waals surface area contributed by atoms with Gasteiger partial charge in [0.15, 0.2) is 11.3 Å². The number of nitrogens with one attached hydrogen (secondary N) is 3. The summed E-state index contributed by atoms with van der Waals surface area (Å²) in [6, 6.07) is 33.3. The SMILES string of the molecule is CNC1CCN(c2nc(-c3cc(C(=O)Nc4ccc(F)cc4)ccc3C)c3ccc(=O)n(-c4c(F)cccc4F)c3n2)CC1.Cc1ccc(C(=O)Nc2ccc(F)cc2)cc1-c1nc(N2CCC(N(C)C(=O)OC(C)(C)C)CC2)nc2c1ccc(=O)n2-c1c(F)cccc1F. The van der Waals surface area contributed by atoms with Crippen LogP contribution in [0.2, 0.25) is 0 Å². The summed E-state index contributed by atoms with van der Waals surface area (Å²) in [4.78, 5) is 90.7. The van der Waals surface area contributed by atoms with Gasteiger partial charge in [0.25, 0.3) is 22.9 Å². The van der Waals surface area contributed by atoms with E-state index in [0.717, 1.165) is 57.4 Å². The first-order valence-corrected chi connectivity index (χ1v) is 30.7. The fourth-order valence-electron chi connectivity index (χ4n) is 11.6. The first-order valence-electron chi connectivity index (χ1n) is 30.7. The Morgan fingerprint density at radius 3 is 1.29 bits per heavy atom. The molecule has 18 nitrogen and oxygen atoms in total. The van der Waals surface area contributed by atoms with E-state index in [-0.39, 0.29) is 28.8 Å². The Morgan fingerprint density at radius 2 is 0.916 bits per heavy atom. The van der Waals surface area contributed by atoms with Crippen LogP contribution in [0.4, 0.5) is 54.4 Å². The average Bonchev–Trinajstić information content (AvgIpc) is 0.752. The lowest BCUT2D eigenvalue weighted by Crippen LogP contribution is -2.47. The summed E-state index contributed by atoms with van der Waals surface area (Å²) in [5.41, 5.74) is 1.64. The van der Waals surface area contributed by atoms with E-state index in [0.29, 0.717) is 101 Å². The molecule has 0 spiro atoms. The van der Waals surface area contributed by atoms with E-state index < -0.39 is 80.9 Å². The molecule has 0 saturated carbocycles. The maximum absolute atomic E-state index is 15.3. The molecule has 2 saturated heterocycles. The van der Waals surface area contributed by atoms with E-state index >= 15 is 17.6 Å². The number of anilines is 4. The maximum atomic E-state index is 15.3. The fourth-order valence-corrected chi connectivity index (χ4v) is 11.6. The quantitative estimate of drug-likeness (QED) is 0.0976. The van der Waals surface area contributed by atoms with E-state index in [4.69, 9.17) is 24.7 Å². The van der Waals surface area contributed by atoms with Crippen LogP contribution in [0.15, 0.2) is 155 Å². The van der Waals surface area contributed by atoms with Gasteiger partial charge in [0.1, 0.15) is 51.9 Å². The van der Waals surface area contributed by atoms with Crippen LogP contribution in [-0.2, 0) is 4.74 Å². The van der Waals surface area contributed by atoms with Gasteiger partial charge in [0, 0.05) is 102 Å². The van der Waals surface area contributed by atoms with Gasteiger partial charge in [0.2, 0.25) is 11.9 Å². The van der Waals surface area contributed by atoms with E-state index in [9.17, 15) is 32.8 Å². The van der Waals surface area contributed by atoms with Crippen LogP contribution >= 0.6 is 0 Å². The minimum Gasteiger partial charge on any atom is -0.444 e. The molecule has 3 amide bonds. The third kappa shape index (κ3) is 14.3. The van der Waals surface area contributed by atoms with Crippen molar-refractivity contribution in [1.29, 1.82) is 0 Å². The Bertz CT molecular complexity index is 4680. The molecule has 0 unspecified atom stereocenters. The molecular formula is C71H66F6N12O6. The highest BCUT2D eigenvalue weighted by Crippen LogP contribution is 2.36. The Morgan fingerprint density at radius 1 is 0.526 bits per heavy atom. The van der Waals surface area contributed by atoms with Gasteiger partial charge in [-0.3, -0.25) is 28.3 Å². The Balaban J connectivity index is 0.000000195. The van der Waals surface area contributed by atoms with Gasteiger partial charge in [-0.2, -0.15) is 9.97 Å². The van der Waals surface area contributed by atoms with Crippen molar-refractivity contribution in [2.24, 2.45) is 0 Å². The highest BCUT2D eigenvalue weighted by molar-refractivity contribution is 6.07. The van der Waals surface area contributed by atoms with Crippen LogP contribution in [0.5, 0.6) is 0 Å². The lowest BCUT2D eigenvalue weighted by Gasteiger charge is -2.37. The second-order valence-corrected chi connectivity index (χ2v) is 24.2. The molecule has 4 aromatic heterocycles. The number of carbonyl (C=O) groups excluding carboxylic acids is 3. The number of rotatable bonds is 12. The molecule has 24 heteroatoms. The number of halogens is 6. The van der Waals surface area contributed by atoms with Crippen LogP contribution in [0.3, 0.4) is 0 Å². The first kappa shape index (κ1) is 65.7. The third-order valence-electron chi connectivity index (χ3n) is 16.7. The lowest BCUT2D eigenvalue weighted by atomic mass is 9.99. The lowest BCUT2D eigenvalue weighted by molar-refractivity contribution is 0.0200. The van der Waals surface area contributed by atoms with Crippen molar-refractivity contribution in [3.8, 4) is 33.9 Å². The molecule has 488 valence electrons. The smallest absolute Gasteiger partial charge is 0.410 e. The number of hydrogen-bond acceptors (Lipinski definition) is 13. The number of para-hydroxylation sites is 2. The van der Waals surface area contributed by atoms with Crippen molar-refractivity contribution in [2.75, 3.05) is 60.7 Å². The normalized spacial score (nSPS) is 13.7. The highest BCUT2D eigenvalue weighted by Gasteiger charge is 2.32. The van der Waals surface area contributed by atoms with E-state index in [1.807, 2.05) is 30.7 Å². The van der Waals surface area contributed by atoms with Gasteiger partial charge in [0.05, 0.1) is 11.4 Å². The van der Waals surface area contributed by atoms with Crippen LogP contribution in [0.1, 0.15) is 78.3 Å². The van der Waals surface area contributed by atoms with Crippen molar-refractivity contribution in [2.45, 2.75) is 78.0 Å². The third-order valence-corrected chi connectivity index (χ3v) is 16.7. The molecule has 2 fully saturated rings. The van der Waals surface area contributed by atoms with Gasteiger partial charge in [-0.25, -0.2) is 41.1 Å². The van der Waals surface area contributed by atoms with E-state index in [1.54, 1.807) is 69.1 Å². The molecule has 12 rings (SSSR count). The largest absolute Gasteiger partial charge is 0.444 e. The summed E-state index contributed by atoms with van der Waals surface area (Å²) in [5, 5.41) is 9.50. The monoisotopic (exact) mass is 1300 g/mol. The molecule has 0 radical (unpaired) electrons. The first-order chi connectivity index (χ1) is 45.4. The molecular weight excluding hydrogens is 1230 g/mol. The molecule has 0 atom stereocenters. The number of ether oxygens (including phenoxy) is 1. The summed E-state index contributed by atoms with van der Waals surface area (Å²) in [7, 11) is 3.61. The van der Waals surface area contributed by atoms with Crippen molar-refractivity contribution in [3.63, 3.8) is 0 Å². The van der Waals surface area contributed by atoms with E-state index in [1.165, 1.54) is 84.9 Å². The number of benzene rings is 6. The summed E-state index contributed by atoms with van der Waals surface area (Å²) >= 11 is 0. The van der Waals surface area contributed by atoms with Crippen LogP contribution < -0.4 is 36.9 Å². The molecule has 6 heterocycles. The Hall–Kier alpha value is -10.8. The fraction of sp³-hybridized carbons (Fsp3) is 0.254. The van der Waals surface area contributed by atoms with Crippen LogP contribution in [-0.4, -0.2) is 110 Å². The highest BCUT2D eigenvalue weighted by atomic mass is 19.2. The van der Waals surface area contributed by atoms with Crippen LogP contribution in [0.25, 0.3) is 56.0 Å². The summed E-state index contributed by atoms with van der Waals surface area (Å²) in [6.45, 7) is 11.2. The second kappa shape index (κ2) is 27.4. The zero-order valence-electron chi connectivity index (χ0n) is 52.9. The molecule has 6 aromatic carbocycles. The van der Waals surface area contributed by atoms with Gasteiger partial charge in [-0.1, -0.05) is 24.3 Å². The van der Waals surface area contributed by atoms with Gasteiger partial charge in [-0.05, 0) is 188 Å². The number of hydrogen-bond donors (Lipinski definition) is 3. The summed E-state index contributed by atoms with van der Waals surface area (Å²) < 4.78 is 94.9. The van der Waals surface area contributed by atoms with Crippen molar-refractivity contribution in [3.05, 3.63) is 223 Å². The summed E-state index contributed by atoms with van der Waals surface area (Å²) in [5.74, 6) is -4.95. The average molecular weight is 1300 g/mol. The number of pyridine rings is 2. The maximum Gasteiger partial charge on any atom is 0.410 e. The van der Waals surface area contributed by atoms with Crippen molar-refractivity contribution < 1.29 is 45.5 Å². The molecule has 2 aliphatic heterocycles. The standard InChI is InChI=1S/C38H37F3N6O4.C33H29F3N6O2/c1-22-9-10-23(35(49)42-25-13-11-24(39)12-14-25)21-28(22)32-27-15-16-31(48)47(33-29(40)7-6-8-30(33)41)34(27)44-36(43-32)46-19-17-26(18-20-46)45(5)37(50)51-38(2,3)4;1-19-6-7-20(32(44)38-23-10-8-21(34)9-11-23)18-25(19)29-24-12-13-28(43)42(30-26(35)4-3-5-27(30)36)31(24)40-33(39-29)41-16-14-22(37-2)15-17-41/h6-16,21,26H,17-20H2,1-5H3,(H,42,49);3-13,18,22,37H,14-17H2,1-2H3,(H,38,44). The van der Waals surface area contributed by atoms with Crippen molar-refractivity contribution in [1.82, 2.24) is 39.3 Å². The molecule has 2 aliphatic rings. The number of fused-ring (bicyclic) bond motifs is 2. The topological polar surface area (TPSA) is 202 Å². The zero-order valence-corrected chi connectivity index (χ0v) is 52.9. The number of carbonyl (C=O) groups is 3. The van der Waals surface area contributed by atoms with E-state index in [2.05, 4.69) is 16.0 Å². The zero-order chi connectivity index (χ0) is 67.6. The number of aromatic nitrogens is 6. The molecule has 10 aromatic rings. The predicted molar refractivity (Wildman–Crippen MR) is 353 cm³/mol. The minimum atomic E-state index is -0.951. The minimum absolute atomic E-state index is 0.0277. The Kier molecular flexibility index (Phi) is 19.0. The molecule has 0 aliphatic carbocycles. The van der Waals surface area contributed by atoms with Gasteiger partial charge < -0.3 is 35.4 Å². The second-order valence-electron chi connectivity index (χ2n) is 24.2. The number of aryl methyl sites for hydroxylation is 2. The number of nitrogens with zero attached hydrogens (tertiary/aromatic N) is 9. The van der Waals surface area contributed by atoms with Gasteiger partial charge >= 0.3 is 6.09 Å². The molecule has 0 bridgehead atoms. The summed E-state index contributed by atoms with van der Waals surface area (Å²) in [6.07, 6.45) is 2.33.